The molecule has 1 unspecified atom stereocenters. The van der Waals surface area contributed by atoms with Crippen molar-refractivity contribution in [2.24, 2.45) is 5.92 Å². The van der Waals surface area contributed by atoms with Gasteiger partial charge < -0.3 is 14.8 Å². The van der Waals surface area contributed by atoms with Crippen LogP contribution in [-0.2, 0) is 6.54 Å². The molecule has 2 aromatic rings. The Morgan fingerprint density at radius 3 is 3.14 bits per heavy atom. The SMILES string of the molecule is CN1CCCC(CNCCCn2cnc3ccccc32)C1. The Balaban J connectivity index is 1.38. The zero-order chi connectivity index (χ0) is 14.5. The summed E-state index contributed by atoms with van der Waals surface area (Å²) in [6.07, 6.45) is 5.84. The van der Waals surface area contributed by atoms with Gasteiger partial charge in [-0.1, -0.05) is 12.1 Å². The second kappa shape index (κ2) is 7.05. The first kappa shape index (κ1) is 14.5. The van der Waals surface area contributed by atoms with Gasteiger partial charge in [-0.25, -0.2) is 4.98 Å². The molecule has 3 rings (SSSR count). The molecule has 21 heavy (non-hydrogen) atoms. The highest BCUT2D eigenvalue weighted by atomic mass is 15.1. The van der Waals surface area contributed by atoms with Crippen LogP contribution in [0.25, 0.3) is 11.0 Å². The molecule has 1 N–H and O–H groups in total. The lowest BCUT2D eigenvalue weighted by atomic mass is 9.98. The Labute approximate surface area is 127 Å². The van der Waals surface area contributed by atoms with Gasteiger partial charge in [-0.05, 0) is 64.0 Å². The Morgan fingerprint density at radius 1 is 1.33 bits per heavy atom. The molecule has 0 amide bonds. The maximum Gasteiger partial charge on any atom is 0.0958 e. The van der Waals surface area contributed by atoms with Crippen LogP contribution in [0.3, 0.4) is 0 Å². The number of benzene rings is 1. The minimum Gasteiger partial charge on any atom is -0.331 e. The summed E-state index contributed by atoms with van der Waals surface area (Å²) in [5.41, 5.74) is 2.34. The van der Waals surface area contributed by atoms with Gasteiger partial charge in [0.25, 0.3) is 0 Å². The number of fused-ring (bicyclic) bond motifs is 1. The van der Waals surface area contributed by atoms with Crippen LogP contribution in [0.1, 0.15) is 19.3 Å². The van der Waals surface area contributed by atoms with E-state index in [2.05, 4.69) is 45.0 Å². The monoisotopic (exact) mass is 286 g/mol. The minimum atomic E-state index is 0.831. The first-order valence-electron chi connectivity index (χ1n) is 8.12. The summed E-state index contributed by atoms with van der Waals surface area (Å²) in [4.78, 5) is 6.89. The van der Waals surface area contributed by atoms with Crippen LogP contribution in [0.2, 0.25) is 0 Å². The first-order valence-corrected chi connectivity index (χ1v) is 8.12. The van der Waals surface area contributed by atoms with Gasteiger partial charge in [-0.3, -0.25) is 0 Å². The van der Waals surface area contributed by atoms with Gasteiger partial charge in [-0.15, -0.1) is 0 Å². The number of hydrogen-bond acceptors (Lipinski definition) is 3. The normalized spacial score (nSPS) is 20.1. The minimum absolute atomic E-state index is 0.831. The fourth-order valence-electron chi connectivity index (χ4n) is 3.31. The third-order valence-electron chi connectivity index (χ3n) is 4.44. The Bertz CT molecular complexity index is 563. The molecule has 0 aliphatic carbocycles. The van der Waals surface area contributed by atoms with Crippen molar-refractivity contribution in [2.75, 3.05) is 33.2 Å². The molecule has 4 heteroatoms. The van der Waals surface area contributed by atoms with E-state index in [-0.39, 0.29) is 0 Å². The molecular formula is C17H26N4. The number of imidazole rings is 1. The molecule has 1 aromatic carbocycles. The van der Waals surface area contributed by atoms with Gasteiger partial charge in [0, 0.05) is 13.1 Å². The number of piperidine rings is 1. The van der Waals surface area contributed by atoms with Crippen LogP contribution in [0.5, 0.6) is 0 Å². The van der Waals surface area contributed by atoms with E-state index in [1.165, 1.54) is 31.4 Å². The predicted molar refractivity (Wildman–Crippen MR) is 87.4 cm³/mol. The summed E-state index contributed by atoms with van der Waals surface area (Å²) < 4.78 is 2.26. The number of nitrogens with one attached hydrogen (secondary N) is 1. The molecule has 1 saturated heterocycles. The highest BCUT2D eigenvalue weighted by Crippen LogP contribution is 2.14. The average Bonchev–Trinajstić information content (AvgIpc) is 2.90. The van der Waals surface area contributed by atoms with Crippen LogP contribution in [0.4, 0.5) is 0 Å². The first-order chi connectivity index (χ1) is 10.3. The van der Waals surface area contributed by atoms with Crippen molar-refractivity contribution in [1.82, 2.24) is 19.8 Å². The molecule has 1 aliphatic rings. The third kappa shape index (κ3) is 3.83. The van der Waals surface area contributed by atoms with E-state index in [4.69, 9.17) is 0 Å². The van der Waals surface area contributed by atoms with E-state index < -0.39 is 0 Å². The lowest BCUT2D eigenvalue weighted by Gasteiger charge is -2.29. The van der Waals surface area contributed by atoms with Gasteiger partial charge in [-0.2, -0.15) is 0 Å². The van der Waals surface area contributed by atoms with Crippen molar-refractivity contribution >= 4 is 11.0 Å². The van der Waals surface area contributed by atoms with E-state index in [1.54, 1.807) is 0 Å². The van der Waals surface area contributed by atoms with Gasteiger partial charge in [0.15, 0.2) is 0 Å². The number of nitrogens with zero attached hydrogens (tertiary/aromatic N) is 3. The lowest BCUT2D eigenvalue weighted by Crippen LogP contribution is -2.37. The third-order valence-corrected chi connectivity index (χ3v) is 4.44. The molecule has 2 heterocycles. The van der Waals surface area contributed by atoms with E-state index in [0.29, 0.717) is 0 Å². The maximum atomic E-state index is 4.44. The van der Waals surface area contributed by atoms with E-state index in [0.717, 1.165) is 37.5 Å². The van der Waals surface area contributed by atoms with Crippen molar-refractivity contribution in [2.45, 2.75) is 25.8 Å². The van der Waals surface area contributed by atoms with E-state index >= 15 is 0 Å². The molecule has 4 nitrogen and oxygen atoms in total. The second-order valence-electron chi connectivity index (χ2n) is 6.25. The van der Waals surface area contributed by atoms with Crippen molar-refractivity contribution in [3.05, 3.63) is 30.6 Å². The largest absolute Gasteiger partial charge is 0.331 e. The molecule has 0 saturated carbocycles. The van der Waals surface area contributed by atoms with Gasteiger partial charge in [0.2, 0.25) is 0 Å². The topological polar surface area (TPSA) is 33.1 Å². The maximum absolute atomic E-state index is 4.44. The molecule has 114 valence electrons. The van der Waals surface area contributed by atoms with Crippen molar-refractivity contribution in [3.63, 3.8) is 0 Å². The fraction of sp³-hybridized carbons (Fsp3) is 0.588. The van der Waals surface area contributed by atoms with Crippen molar-refractivity contribution < 1.29 is 0 Å². The lowest BCUT2D eigenvalue weighted by molar-refractivity contribution is 0.206. The highest BCUT2D eigenvalue weighted by molar-refractivity contribution is 5.74. The number of rotatable bonds is 6. The van der Waals surface area contributed by atoms with Crippen LogP contribution >= 0.6 is 0 Å². The molecule has 0 bridgehead atoms. The number of aromatic nitrogens is 2. The van der Waals surface area contributed by atoms with Crippen LogP contribution < -0.4 is 5.32 Å². The highest BCUT2D eigenvalue weighted by Gasteiger charge is 2.16. The van der Waals surface area contributed by atoms with Crippen molar-refractivity contribution in [1.29, 1.82) is 0 Å². The Morgan fingerprint density at radius 2 is 2.24 bits per heavy atom. The Kier molecular flexibility index (Phi) is 4.88. The molecular weight excluding hydrogens is 260 g/mol. The predicted octanol–water partition coefficient (Wildman–Crippen LogP) is 2.36. The molecule has 0 spiro atoms. The van der Waals surface area contributed by atoms with Gasteiger partial charge in [0.1, 0.15) is 0 Å². The number of likely N-dealkylation sites (tertiary alicyclic amines) is 1. The quantitative estimate of drug-likeness (QED) is 0.828. The standard InChI is InChI=1S/C17H26N4/c1-20-10-4-6-15(13-20)12-18-9-5-11-21-14-19-16-7-2-3-8-17(16)21/h2-3,7-8,14-15,18H,4-6,9-13H2,1H3. The Hall–Kier alpha value is -1.39. The zero-order valence-electron chi connectivity index (χ0n) is 13.0. The fourth-order valence-corrected chi connectivity index (χ4v) is 3.31. The van der Waals surface area contributed by atoms with E-state index in [1.807, 2.05) is 12.4 Å². The summed E-state index contributed by atoms with van der Waals surface area (Å²) in [6.45, 7) is 5.81. The second-order valence-corrected chi connectivity index (χ2v) is 6.25. The zero-order valence-corrected chi connectivity index (χ0v) is 13.0. The van der Waals surface area contributed by atoms with Crippen LogP contribution in [0.15, 0.2) is 30.6 Å². The van der Waals surface area contributed by atoms with Crippen LogP contribution in [-0.4, -0.2) is 47.7 Å². The summed E-state index contributed by atoms with van der Waals surface area (Å²) in [5, 5.41) is 3.63. The molecule has 1 aliphatic heterocycles. The van der Waals surface area contributed by atoms with Gasteiger partial charge >= 0.3 is 0 Å². The summed E-state index contributed by atoms with van der Waals surface area (Å²) in [6, 6.07) is 8.35. The summed E-state index contributed by atoms with van der Waals surface area (Å²) in [5.74, 6) is 0.831. The molecule has 1 fully saturated rings. The summed E-state index contributed by atoms with van der Waals surface area (Å²) >= 11 is 0. The number of hydrogen-bond donors (Lipinski definition) is 1. The number of para-hydroxylation sites is 2. The average molecular weight is 286 g/mol. The summed E-state index contributed by atoms with van der Waals surface area (Å²) in [7, 11) is 2.23. The van der Waals surface area contributed by atoms with Gasteiger partial charge in [0.05, 0.1) is 17.4 Å². The van der Waals surface area contributed by atoms with Crippen LogP contribution in [0, 0.1) is 5.92 Å². The molecule has 1 atom stereocenters. The van der Waals surface area contributed by atoms with Crippen molar-refractivity contribution in [3.8, 4) is 0 Å². The smallest absolute Gasteiger partial charge is 0.0958 e. The number of aryl methyl sites for hydroxylation is 1. The molecule has 0 radical (unpaired) electrons. The molecule has 1 aromatic heterocycles. The van der Waals surface area contributed by atoms with E-state index in [9.17, 15) is 0 Å².